The molecule has 1 heterocycles. The van der Waals surface area contributed by atoms with E-state index in [1.165, 1.54) is 12.8 Å². The Balaban J connectivity index is 2.48. The van der Waals surface area contributed by atoms with Crippen molar-refractivity contribution in [2.75, 3.05) is 0 Å². The highest BCUT2D eigenvalue weighted by Crippen LogP contribution is 2.56. The zero-order chi connectivity index (χ0) is 13.1. The Morgan fingerprint density at radius 2 is 1.59 bits per heavy atom. The standard InChI is InChI=1S/C14H25NO2/c1-12(2,3)14(13(4,5)6)10(9-7-8-9)15-11(16)17-14/h9-10H,7-8H2,1-6H3,(H,15,16). The van der Waals surface area contributed by atoms with E-state index in [1.54, 1.807) is 0 Å². The van der Waals surface area contributed by atoms with E-state index in [0.29, 0.717) is 5.92 Å². The van der Waals surface area contributed by atoms with Crippen LogP contribution in [0.1, 0.15) is 54.4 Å². The smallest absolute Gasteiger partial charge is 0.408 e. The van der Waals surface area contributed by atoms with Gasteiger partial charge in [0, 0.05) is 10.8 Å². The molecule has 2 fully saturated rings. The summed E-state index contributed by atoms with van der Waals surface area (Å²) in [5.41, 5.74) is -0.562. The summed E-state index contributed by atoms with van der Waals surface area (Å²) >= 11 is 0. The number of carbonyl (C=O) groups is 1. The molecule has 1 saturated heterocycles. The SMILES string of the molecule is CC(C)(C)C1(C(C)(C)C)OC(=O)NC1C1CC1. The molecule has 1 amide bonds. The fourth-order valence-electron chi connectivity index (χ4n) is 3.71. The first kappa shape index (κ1) is 12.7. The lowest BCUT2D eigenvalue weighted by Crippen LogP contribution is -2.61. The van der Waals surface area contributed by atoms with Crippen molar-refractivity contribution < 1.29 is 9.53 Å². The lowest BCUT2D eigenvalue weighted by molar-refractivity contribution is -0.132. The average molecular weight is 239 g/mol. The van der Waals surface area contributed by atoms with Gasteiger partial charge >= 0.3 is 6.09 Å². The van der Waals surface area contributed by atoms with Crippen molar-refractivity contribution in [3.63, 3.8) is 0 Å². The van der Waals surface area contributed by atoms with Gasteiger partial charge in [-0.3, -0.25) is 0 Å². The van der Waals surface area contributed by atoms with Crippen LogP contribution in [0, 0.1) is 16.7 Å². The highest BCUT2D eigenvalue weighted by Gasteiger charge is 2.65. The molecule has 1 atom stereocenters. The number of rotatable bonds is 1. The quantitative estimate of drug-likeness (QED) is 0.762. The lowest BCUT2D eigenvalue weighted by atomic mass is 9.58. The number of hydrogen-bond donors (Lipinski definition) is 1. The Morgan fingerprint density at radius 3 is 1.94 bits per heavy atom. The maximum Gasteiger partial charge on any atom is 0.408 e. The van der Waals surface area contributed by atoms with E-state index in [-0.39, 0.29) is 23.0 Å². The number of alkyl carbamates (subject to hydrolysis) is 1. The van der Waals surface area contributed by atoms with Gasteiger partial charge in [-0.25, -0.2) is 4.79 Å². The molecule has 2 rings (SSSR count). The number of carbonyl (C=O) groups excluding carboxylic acids is 1. The third-order valence-corrected chi connectivity index (χ3v) is 4.29. The Bertz CT molecular complexity index is 317. The fraction of sp³-hybridized carbons (Fsp3) is 0.929. The molecule has 3 nitrogen and oxygen atoms in total. The van der Waals surface area contributed by atoms with Crippen LogP contribution < -0.4 is 5.32 Å². The zero-order valence-corrected chi connectivity index (χ0v) is 11.9. The monoisotopic (exact) mass is 239 g/mol. The van der Waals surface area contributed by atoms with Crippen LogP contribution in [-0.2, 0) is 4.74 Å². The molecule has 0 aromatic carbocycles. The van der Waals surface area contributed by atoms with Gasteiger partial charge in [-0.15, -0.1) is 0 Å². The molecule has 2 aliphatic rings. The van der Waals surface area contributed by atoms with Crippen LogP contribution in [0.15, 0.2) is 0 Å². The summed E-state index contributed by atoms with van der Waals surface area (Å²) in [6.07, 6.45) is 2.18. The minimum absolute atomic E-state index is 0.0718. The number of nitrogens with one attached hydrogen (secondary N) is 1. The van der Waals surface area contributed by atoms with E-state index in [0.717, 1.165) is 0 Å². The summed E-state index contributed by atoms with van der Waals surface area (Å²) < 4.78 is 5.84. The summed E-state index contributed by atoms with van der Waals surface area (Å²) in [6.45, 7) is 13.0. The van der Waals surface area contributed by atoms with Crippen molar-refractivity contribution in [1.29, 1.82) is 0 Å². The van der Waals surface area contributed by atoms with Crippen molar-refractivity contribution in [3.8, 4) is 0 Å². The summed E-state index contributed by atoms with van der Waals surface area (Å²) in [6, 6.07) is 0.162. The van der Waals surface area contributed by atoms with Crippen LogP contribution in [0.25, 0.3) is 0 Å². The maximum atomic E-state index is 11.8. The summed E-state index contributed by atoms with van der Waals surface area (Å²) in [4.78, 5) is 11.8. The van der Waals surface area contributed by atoms with E-state index >= 15 is 0 Å². The molecule has 1 unspecified atom stereocenters. The van der Waals surface area contributed by atoms with Crippen LogP contribution in [0.4, 0.5) is 4.79 Å². The highest BCUT2D eigenvalue weighted by atomic mass is 16.6. The molecule has 1 aliphatic carbocycles. The second-order valence-corrected chi connectivity index (χ2v) is 7.58. The molecular formula is C14H25NO2. The lowest BCUT2D eigenvalue weighted by Gasteiger charge is -2.51. The van der Waals surface area contributed by atoms with Gasteiger partial charge in [0.05, 0.1) is 6.04 Å². The van der Waals surface area contributed by atoms with Crippen molar-refractivity contribution in [3.05, 3.63) is 0 Å². The molecule has 0 aromatic heterocycles. The number of hydrogen-bond acceptors (Lipinski definition) is 2. The summed E-state index contributed by atoms with van der Waals surface area (Å²) in [5, 5.41) is 3.06. The Hall–Kier alpha value is -0.730. The summed E-state index contributed by atoms with van der Waals surface area (Å²) in [7, 11) is 0. The van der Waals surface area contributed by atoms with Crippen LogP contribution in [0.3, 0.4) is 0 Å². The summed E-state index contributed by atoms with van der Waals surface area (Å²) in [5.74, 6) is 0.597. The Labute approximate surface area is 104 Å². The first-order valence-corrected chi connectivity index (χ1v) is 6.59. The van der Waals surface area contributed by atoms with Crippen molar-refractivity contribution >= 4 is 6.09 Å². The van der Waals surface area contributed by atoms with Gasteiger partial charge < -0.3 is 10.1 Å². The van der Waals surface area contributed by atoms with E-state index in [2.05, 4.69) is 46.9 Å². The van der Waals surface area contributed by atoms with E-state index in [1.807, 2.05) is 0 Å². The van der Waals surface area contributed by atoms with Crippen LogP contribution in [-0.4, -0.2) is 17.7 Å². The molecule has 17 heavy (non-hydrogen) atoms. The number of amides is 1. The minimum Gasteiger partial charge on any atom is -0.440 e. The van der Waals surface area contributed by atoms with Crippen molar-refractivity contribution in [2.45, 2.75) is 66.0 Å². The van der Waals surface area contributed by atoms with E-state index in [4.69, 9.17) is 4.74 Å². The largest absolute Gasteiger partial charge is 0.440 e. The molecule has 0 aromatic rings. The fourth-order valence-corrected chi connectivity index (χ4v) is 3.71. The van der Waals surface area contributed by atoms with Gasteiger partial charge in [-0.05, 0) is 18.8 Å². The molecule has 3 heteroatoms. The van der Waals surface area contributed by atoms with Crippen molar-refractivity contribution in [2.24, 2.45) is 16.7 Å². The predicted molar refractivity (Wildman–Crippen MR) is 67.8 cm³/mol. The van der Waals surface area contributed by atoms with Gasteiger partial charge in [0.15, 0.2) is 0 Å². The second kappa shape index (κ2) is 3.39. The Kier molecular flexibility index (Phi) is 2.54. The van der Waals surface area contributed by atoms with E-state index in [9.17, 15) is 4.79 Å². The van der Waals surface area contributed by atoms with Gasteiger partial charge in [-0.1, -0.05) is 41.5 Å². The third-order valence-electron chi connectivity index (χ3n) is 4.29. The van der Waals surface area contributed by atoms with Gasteiger partial charge in [0.1, 0.15) is 5.60 Å². The van der Waals surface area contributed by atoms with Gasteiger partial charge in [-0.2, -0.15) is 0 Å². The van der Waals surface area contributed by atoms with Gasteiger partial charge in [0.25, 0.3) is 0 Å². The molecular weight excluding hydrogens is 214 g/mol. The van der Waals surface area contributed by atoms with Gasteiger partial charge in [0.2, 0.25) is 0 Å². The van der Waals surface area contributed by atoms with Crippen molar-refractivity contribution in [1.82, 2.24) is 5.32 Å². The highest BCUT2D eigenvalue weighted by molar-refractivity contribution is 5.72. The molecule has 98 valence electrons. The second-order valence-electron chi connectivity index (χ2n) is 7.58. The normalized spacial score (nSPS) is 28.8. The van der Waals surface area contributed by atoms with Crippen LogP contribution in [0.2, 0.25) is 0 Å². The predicted octanol–water partition coefficient (Wildman–Crippen LogP) is 3.34. The van der Waals surface area contributed by atoms with Crippen LogP contribution in [0.5, 0.6) is 0 Å². The minimum atomic E-state index is -0.418. The number of ether oxygens (including phenoxy) is 1. The molecule has 1 N–H and O–H groups in total. The molecule has 1 aliphatic heterocycles. The number of cyclic esters (lactones) is 1. The maximum absolute atomic E-state index is 11.8. The van der Waals surface area contributed by atoms with Crippen LogP contribution >= 0.6 is 0 Å². The first-order valence-electron chi connectivity index (χ1n) is 6.59. The Morgan fingerprint density at radius 1 is 1.12 bits per heavy atom. The molecule has 0 spiro atoms. The third kappa shape index (κ3) is 1.74. The average Bonchev–Trinajstić information content (AvgIpc) is 2.86. The molecule has 0 radical (unpaired) electrons. The van der Waals surface area contributed by atoms with E-state index < -0.39 is 5.60 Å². The first-order chi connectivity index (χ1) is 7.59. The molecule has 0 bridgehead atoms. The zero-order valence-electron chi connectivity index (χ0n) is 11.9. The molecule has 1 saturated carbocycles. The topological polar surface area (TPSA) is 38.3 Å².